The molecule has 4 nitrogen and oxygen atoms in total. The van der Waals surface area contributed by atoms with E-state index in [2.05, 4.69) is 15.2 Å². The lowest BCUT2D eigenvalue weighted by atomic mass is 10.1. The summed E-state index contributed by atoms with van der Waals surface area (Å²) in [5.74, 6) is -0.0921. The molecule has 0 aliphatic rings. The van der Waals surface area contributed by atoms with Crippen LogP contribution in [0.1, 0.15) is 17.2 Å². The minimum atomic E-state index is -0.610. The van der Waals surface area contributed by atoms with Gasteiger partial charge in [0.2, 0.25) is 0 Å². The summed E-state index contributed by atoms with van der Waals surface area (Å²) in [4.78, 5) is 4.11. The molecule has 2 heterocycles. The minimum absolute atomic E-state index is 0.192. The van der Waals surface area contributed by atoms with Gasteiger partial charge in [0.15, 0.2) is 5.65 Å². The summed E-state index contributed by atoms with van der Waals surface area (Å²) in [6, 6.07) is 5.03. The lowest BCUT2D eigenvalue weighted by Gasteiger charge is -2.05. The number of benzene rings is 1. The van der Waals surface area contributed by atoms with Crippen LogP contribution in [0.5, 0.6) is 0 Å². The monoisotopic (exact) mass is 294 g/mol. The fourth-order valence-electron chi connectivity index (χ4n) is 2.07. The molecular weight excluding hydrogens is 286 g/mol. The van der Waals surface area contributed by atoms with Gasteiger partial charge >= 0.3 is 0 Å². The SMILES string of the molecule is Cc1nc(Cl)cc2nnc(Cc3ccc(F)cc3F)n12. The molecule has 0 saturated heterocycles. The Labute approximate surface area is 118 Å². The predicted octanol–water partition coefficient (Wildman–Crippen LogP) is 2.96. The van der Waals surface area contributed by atoms with Gasteiger partial charge in [-0.25, -0.2) is 13.8 Å². The first-order valence-electron chi connectivity index (χ1n) is 5.85. The van der Waals surface area contributed by atoms with E-state index in [1.165, 1.54) is 12.1 Å². The predicted molar refractivity (Wildman–Crippen MR) is 69.7 cm³/mol. The van der Waals surface area contributed by atoms with Gasteiger partial charge in [-0.05, 0) is 18.6 Å². The average molecular weight is 295 g/mol. The molecule has 3 aromatic rings. The number of hydrogen-bond donors (Lipinski definition) is 0. The van der Waals surface area contributed by atoms with Crippen molar-refractivity contribution < 1.29 is 8.78 Å². The van der Waals surface area contributed by atoms with E-state index in [9.17, 15) is 8.78 Å². The van der Waals surface area contributed by atoms with Crippen LogP contribution in [0, 0.1) is 18.6 Å². The van der Waals surface area contributed by atoms with Gasteiger partial charge in [0, 0.05) is 18.6 Å². The largest absolute Gasteiger partial charge is 0.266 e. The Morgan fingerprint density at radius 3 is 2.75 bits per heavy atom. The van der Waals surface area contributed by atoms with Crippen molar-refractivity contribution in [1.29, 1.82) is 0 Å². The molecule has 1 aromatic carbocycles. The number of nitrogens with zero attached hydrogens (tertiary/aromatic N) is 4. The van der Waals surface area contributed by atoms with Crippen molar-refractivity contribution in [3.8, 4) is 0 Å². The zero-order chi connectivity index (χ0) is 14.3. The molecule has 7 heteroatoms. The fraction of sp³-hybridized carbons (Fsp3) is 0.154. The Kier molecular flexibility index (Phi) is 3.10. The maximum Gasteiger partial charge on any atom is 0.165 e. The molecule has 102 valence electrons. The van der Waals surface area contributed by atoms with Gasteiger partial charge < -0.3 is 0 Å². The molecule has 0 aliphatic heterocycles. The summed E-state index contributed by atoms with van der Waals surface area (Å²) in [5, 5.41) is 8.31. The lowest BCUT2D eigenvalue weighted by Crippen LogP contribution is -2.03. The number of aromatic nitrogens is 4. The van der Waals surface area contributed by atoms with Crippen LogP contribution in [-0.2, 0) is 6.42 Å². The highest BCUT2D eigenvalue weighted by Gasteiger charge is 2.13. The first-order valence-corrected chi connectivity index (χ1v) is 6.23. The van der Waals surface area contributed by atoms with E-state index in [1.54, 1.807) is 17.4 Å². The summed E-state index contributed by atoms with van der Waals surface area (Å²) in [6.07, 6.45) is 0.192. The number of halogens is 3. The second kappa shape index (κ2) is 4.79. The summed E-state index contributed by atoms with van der Waals surface area (Å²) in [6.45, 7) is 1.76. The van der Waals surface area contributed by atoms with Gasteiger partial charge in [0.25, 0.3) is 0 Å². The van der Waals surface area contributed by atoms with Gasteiger partial charge in [-0.3, -0.25) is 4.40 Å². The van der Waals surface area contributed by atoms with Crippen LogP contribution in [0.3, 0.4) is 0 Å². The molecule has 0 atom stereocenters. The smallest absolute Gasteiger partial charge is 0.165 e. The first-order chi connectivity index (χ1) is 9.54. The summed E-state index contributed by atoms with van der Waals surface area (Å²) in [5.41, 5.74) is 0.884. The molecular formula is C13H9ClF2N4. The maximum absolute atomic E-state index is 13.7. The normalized spacial score (nSPS) is 11.2. The molecule has 2 aromatic heterocycles. The van der Waals surface area contributed by atoms with E-state index < -0.39 is 11.6 Å². The van der Waals surface area contributed by atoms with Crippen LogP contribution < -0.4 is 0 Å². The Morgan fingerprint density at radius 1 is 1.20 bits per heavy atom. The van der Waals surface area contributed by atoms with Crippen molar-refractivity contribution in [2.24, 2.45) is 0 Å². The molecule has 0 spiro atoms. The van der Waals surface area contributed by atoms with Gasteiger partial charge in [0.05, 0.1) is 0 Å². The Morgan fingerprint density at radius 2 is 2.00 bits per heavy atom. The van der Waals surface area contributed by atoms with Gasteiger partial charge in [-0.15, -0.1) is 10.2 Å². The van der Waals surface area contributed by atoms with Gasteiger partial charge in [-0.1, -0.05) is 17.7 Å². The van der Waals surface area contributed by atoms with Crippen molar-refractivity contribution in [3.05, 3.63) is 58.3 Å². The van der Waals surface area contributed by atoms with Crippen LogP contribution in [0.4, 0.5) is 8.78 Å². The average Bonchev–Trinajstić information content (AvgIpc) is 2.76. The first kappa shape index (κ1) is 12.9. The molecule has 0 bridgehead atoms. The van der Waals surface area contributed by atoms with Crippen LogP contribution in [-0.4, -0.2) is 19.6 Å². The minimum Gasteiger partial charge on any atom is -0.266 e. The maximum atomic E-state index is 13.7. The number of fused-ring (bicyclic) bond motifs is 1. The van der Waals surface area contributed by atoms with Crippen LogP contribution in [0.2, 0.25) is 5.15 Å². The topological polar surface area (TPSA) is 43.1 Å². The quantitative estimate of drug-likeness (QED) is 0.683. The molecule has 3 rings (SSSR count). The highest BCUT2D eigenvalue weighted by Crippen LogP contribution is 2.17. The highest BCUT2D eigenvalue weighted by molar-refractivity contribution is 6.29. The molecule has 0 aliphatic carbocycles. The zero-order valence-electron chi connectivity index (χ0n) is 10.4. The Hall–Kier alpha value is -2.08. The van der Waals surface area contributed by atoms with Crippen molar-refractivity contribution in [3.63, 3.8) is 0 Å². The third-order valence-electron chi connectivity index (χ3n) is 2.96. The standard InChI is InChI=1S/C13H9ClF2N4/c1-7-17-11(14)6-13-19-18-12(20(7)13)4-8-2-3-9(15)5-10(8)16/h2-3,5-6H,4H2,1H3. The third kappa shape index (κ3) is 2.22. The van der Waals surface area contributed by atoms with Crippen molar-refractivity contribution in [1.82, 2.24) is 19.6 Å². The molecule has 0 saturated carbocycles. The number of aryl methyl sites for hydroxylation is 1. The third-order valence-corrected chi connectivity index (χ3v) is 3.15. The van der Waals surface area contributed by atoms with Crippen molar-refractivity contribution in [2.45, 2.75) is 13.3 Å². The van der Waals surface area contributed by atoms with Crippen LogP contribution >= 0.6 is 11.6 Å². The van der Waals surface area contributed by atoms with Gasteiger partial charge in [-0.2, -0.15) is 0 Å². The molecule has 0 amide bonds. The lowest BCUT2D eigenvalue weighted by molar-refractivity contribution is 0.573. The van der Waals surface area contributed by atoms with E-state index >= 15 is 0 Å². The molecule has 0 radical (unpaired) electrons. The summed E-state index contributed by atoms with van der Waals surface area (Å²) in [7, 11) is 0. The summed E-state index contributed by atoms with van der Waals surface area (Å²) < 4.78 is 28.3. The number of hydrogen-bond acceptors (Lipinski definition) is 3. The highest BCUT2D eigenvalue weighted by atomic mass is 35.5. The fourth-order valence-corrected chi connectivity index (χ4v) is 2.29. The second-order valence-corrected chi connectivity index (χ2v) is 4.74. The molecule has 0 N–H and O–H groups in total. The molecule has 20 heavy (non-hydrogen) atoms. The van der Waals surface area contributed by atoms with E-state index in [0.29, 0.717) is 28.0 Å². The van der Waals surface area contributed by atoms with Crippen molar-refractivity contribution in [2.75, 3.05) is 0 Å². The summed E-state index contributed by atoms with van der Waals surface area (Å²) >= 11 is 5.84. The molecule has 0 unspecified atom stereocenters. The van der Waals surface area contributed by atoms with Gasteiger partial charge in [0.1, 0.15) is 28.4 Å². The van der Waals surface area contributed by atoms with E-state index in [4.69, 9.17) is 11.6 Å². The van der Waals surface area contributed by atoms with Crippen LogP contribution in [0.25, 0.3) is 5.65 Å². The Balaban J connectivity index is 2.07. The van der Waals surface area contributed by atoms with E-state index in [1.807, 2.05) is 0 Å². The number of rotatable bonds is 2. The Bertz CT molecular complexity index is 800. The van der Waals surface area contributed by atoms with E-state index in [0.717, 1.165) is 6.07 Å². The second-order valence-electron chi connectivity index (χ2n) is 4.35. The van der Waals surface area contributed by atoms with E-state index in [-0.39, 0.29) is 6.42 Å². The zero-order valence-corrected chi connectivity index (χ0v) is 11.2. The van der Waals surface area contributed by atoms with Crippen LogP contribution in [0.15, 0.2) is 24.3 Å². The van der Waals surface area contributed by atoms with Crippen molar-refractivity contribution >= 4 is 17.2 Å². The molecule has 0 fully saturated rings.